The molecule has 204 valence electrons. The number of methoxy groups -OCH3 is 1. The number of fused-ring (bicyclic) bond motifs is 1. The Morgan fingerprint density at radius 3 is 2.35 bits per heavy atom. The van der Waals surface area contributed by atoms with E-state index < -0.39 is 15.8 Å². The van der Waals surface area contributed by atoms with Crippen molar-refractivity contribution in [2.45, 2.75) is 17.7 Å². The van der Waals surface area contributed by atoms with Gasteiger partial charge in [0, 0.05) is 29.8 Å². The fourth-order valence-electron chi connectivity index (χ4n) is 4.13. The van der Waals surface area contributed by atoms with Crippen molar-refractivity contribution in [2.24, 2.45) is 0 Å². The molecule has 0 radical (unpaired) electrons. The highest BCUT2D eigenvalue weighted by Crippen LogP contribution is 2.30. The zero-order chi connectivity index (χ0) is 28.4. The van der Waals surface area contributed by atoms with Crippen molar-refractivity contribution in [3.63, 3.8) is 0 Å². The number of nitrogens with one attached hydrogen (secondary N) is 2. The van der Waals surface area contributed by atoms with Crippen LogP contribution in [-0.2, 0) is 14.6 Å². The molecule has 0 spiro atoms. The van der Waals surface area contributed by atoms with Crippen molar-refractivity contribution < 1.29 is 22.3 Å². The summed E-state index contributed by atoms with van der Waals surface area (Å²) in [7, 11) is -1.92. The molecule has 1 unspecified atom stereocenters. The maximum absolute atomic E-state index is 13.2. The predicted molar refractivity (Wildman–Crippen MR) is 151 cm³/mol. The van der Waals surface area contributed by atoms with Gasteiger partial charge in [0.2, 0.25) is 11.9 Å². The van der Waals surface area contributed by atoms with E-state index in [9.17, 15) is 17.6 Å². The number of rotatable bonds is 8. The van der Waals surface area contributed by atoms with E-state index in [4.69, 9.17) is 4.74 Å². The van der Waals surface area contributed by atoms with Crippen molar-refractivity contribution in [3.05, 3.63) is 96.4 Å². The van der Waals surface area contributed by atoms with E-state index in [0.717, 1.165) is 22.9 Å². The first-order valence-corrected chi connectivity index (χ1v) is 14.2. The third kappa shape index (κ3) is 5.79. The van der Waals surface area contributed by atoms with E-state index in [1.807, 2.05) is 42.6 Å². The van der Waals surface area contributed by atoms with Gasteiger partial charge in [-0.1, -0.05) is 24.3 Å². The molecule has 2 aromatic heterocycles. The number of nitrogens with zero attached hydrogens (tertiary/aromatic N) is 3. The number of sulfone groups is 1. The first kappa shape index (κ1) is 26.8. The van der Waals surface area contributed by atoms with Crippen LogP contribution in [0.3, 0.4) is 0 Å². The van der Waals surface area contributed by atoms with Crippen LogP contribution < -0.4 is 15.4 Å². The summed E-state index contributed by atoms with van der Waals surface area (Å²) in [5.41, 5.74) is 4.31. The molecular weight excluding hydrogens is 533 g/mol. The normalized spacial score (nSPS) is 12.2. The summed E-state index contributed by atoms with van der Waals surface area (Å²) in [6.45, 7) is 1.77. The molecule has 1 amide bonds. The van der Waals surface area contributed by atoms with E-state index in [1.54, 1.807) is 29.6 Å². The van der Waals surface area contributed by atoms with Gasteiger partial charge < -0.3 is 15.4 Å². The smallest absolute Gasteiger partial charge is 0.247 e. The van der Waals surface area contributed by atoms with Crippen LogP contribution in [0.15, 0.2) is 90.0 Å². The molecule has 11 heteroatoms. The second kappa shape index (κ2) is 10.8. The minimum absolute atomic E-state index is 0.149. The molecule has 5 rings (SSSR count). The van der Waals surface area contributed by atoms with E-state index in [-0.39, 0.29) is 16.6 Å². The number of pyridine rings is 1. The lowest BCUT2D eigenvalue weighted by molar-refractivity contribution is -0.117. The highest BCUT2D eigenvalue weighted by molar-refractivity contribution is 7.90. The van der Waals surface area contributed by atoms with Gasteiger partial charge in [0.05, 0.1) is 23.6 Å². The summed E-state index contributed by atoms with van der Waals surface area (Å²) in [6.07, 6.45) is 2.97. The number of benzene rings is 3. The quantitative estimate of drug-likeness (QED) is 0.260. The standard InChI is InChI=1S/C29H26FN5O4S/c1-18(19-4-9-22(30)10-5-19)28(36)31-23-11-6-20(7-12-23)21-8-15-27-33-29(34-35(27)17-21)32-25-14-13-24(40(3,37)38)16-26(25)39-2/h4-18H,1-3H3,(H,31,36)(H,32,34). The molecule has 1 atom stereocenters. The lowest BCUT2D eigenvalue weighted by Crippen LogP contribution is -2.18. The van der Waals surface area contributed by atoms with Crippen molar-refractivity contribution in [3.8, 4) is 16.9 Å². The zero-order valence-corrected chi connectivity index (χ0v) is 22.7. The number of aromatic nitrogens is 3. The second-order valence-electron chi connectivity index (χ2n) is 9.26. The second-order valence-corrected chi connectivity index (χ2v) is 11.3. The molecule has 0 aliphatic heterocycles. The number of ether oxygens (including phenoxy) is 1. The highest BCUT2D eigenvalue weighted by Gasteiger charge is 2.16. The molecule has 0 aliphatic rings. The molecule has 0 saturated heterocycles. The summed E-state index contributed by atoms with van der Waals surface area (Å²) in [5.74, 6) is -0.302. The molecule has 3 aromatic carbocycles. The van der Waals surface area contributed by atoms with E-state index in [1.165, 1.54) is 31.4 Å². The number of anilines is 3. The average Bonchev–Trinajstić information content (AvgIpc) is 3.34. The molecule has 0 fully saturated rings. The van der Waals surface area contributed by atoms with Crippen molar-refractivity contribution in [2.75, 3.05) is 24.0 Å². The van der Waals surface area contributed by atoms with Crippen LogP contribution >= 0.6 is 0 Å². The van der Waals surface area contributed by atoms with Gasteiger partial charge in [0.1, 0.15) is 11.6 Å². The number of amides is 1. The Morgan fingerprint density at radius 2 is 1.68 bits per heavy atom. The Morgan fingerprint density at radius 1 is 0.975 bits per heavy atom. The van der Waals surface area contributed by atoms with Crippen LogP contribution in [0.5, 0.6) is 5.75 Å². The summed E-state index contributed by atoms with van der Waals surface area (Å²) in [5, 5.41) is 10.5. The molecule has 2 N–H and O–H groups in total. The highest BCUT2D eigenvalue weighted by atomic mass is 32.2. The van der Waals surface area contributed by atoms with Gasteiger partial charge in [-0.25, -0.2) is 17.3 Å². The Hall–Kier alpha value is -4.77. The molecule has 2 heterocycles. The van der Waals surface area contributed by atoms with Crippen molar-refractivity contribution in [1.29, 1.82) is 0 Å². The van der Waals surface area contributed by atoms with Gasteiger partial charge >= 0.3 is 0 Å². The molecule has 9 nitrogen and oxygen atoms in total. The van der Waals surface area contributed by atoms with Gasteiger partial charge in [-0.05, 0) is 66.6 Å². The number of hydrogen-bond donors (Lipinski definition) is 2. The molecule has 5 aromatic rings. The fourth-order valence-corrected chi connectivity index (χ4v) is 4.77. The number of carbonyl (C=O) groups excluding carboxylic acids is 1. The van der Waals surface area contributed by atoms with Gasteiger partial charge in [-0.15, -0.1) is 5.10 Å². The summed E-state index contributed by atoms with van der Waals surface area (Å²) >= 11 is 0. The monoisotopic (exact) mass is 559 g/mol. The van der Waals surface area contributed by atoms with Crippen molar-refractivity contribution >= 4 is 38.7 Å². The Labute approximate surface area is 230 Å². The van der Waals surface area contributed by atoms with Crippen LogP contribution in [0.2, 0.25) is 0 Å². The van der Waals surface area contributed by atoms with E-state index in [0.29, 0.717) is 28.7 Å². The van der Waals surface area contributed by atoms with Crippen LogP contribution in [0.4, 0.5) is 21.7 Å². The molecule has 40 heavy (non-hydrogen) atoms. The minimum Gasteiger partial charge on any atom is -0.495 e. The van der Waals surface area contributed by atoms with Gasteiger partial charge in [-0.3, -0.25) is 4.79 Å². The minimum atomic E-state index is -3.38. The van der Waals surface area contributed by atoms with Gasteiger partial charge in [0.15, 0.2) is 15.5 Å². The molecule has 0 bridgehead atoms. The average molecular weight is 560 g/mol. The van der Waals surface area contributed by atoms with Crippen LogP contribution in [-0.4, -0.2) is 42.3 Å². The third-order valence-corrected chi connectivity index (χ3v) is 7.54. The molecule has 0 aliphatic carbocycles. The fraction of sp³-hybridized carbons (Fsp3) is 0.138. The van der Waals surface area contributed by atoms with Crippen molar-refractivity contribution in [1.82, 2.24) is 14.6 Å². The lowest BCUT2D eigenvalue weighted by atomic mass is 10.00. The molecule has 0 saturated carbocycles. The van der Waals surface area contributed by atoms with Crippen LogP contribution in [0, 0.1) is 5.82 Å². The third-order valence-electron chi connectivity index (χ3n) is 6.43. The maximum Gasteiger partial charge on any atom is 0.247 e. The summed E-state index contributed by atoms with van der Waals surface area (Å²) < 4.78 is 43.9. The van der Waals surface area contributed by atoms with Crippen LogP contribution in [0.1, 0.15) is 18.4 Å². The Bertz CT molecular complexity index is 1800. The lowest BCUT2D eigenvalue weighted by Gasteiger charge is -2.13. The zero-order valence-electron chi connectivity index (χ0n) is 21.9. The number of halogens is 1. The van der Waals surface area contributed by atoms with E-state index >= 15 is 0 Å². The summed E-state index contributed by atoms with van der Waals surface area (Å²) in [6, 6.07) is 21.6. The van der Waals surface area contributed by atoms with Gasteiger partial charge in [0.25, 0.3) is 0 Å². The first-order valence-electron chi connectivity index (χ1n) is 12.3. The first-order chi connectivity index (χ1) is 19.1. The number of hydrogen-bond acceptors (Lipinski definition) is 7. The summed E-state index contributed by atoms with van der Waals surface area (Å²) in [4.78, 5) is 17.3. The Balaban J connectivity index is 1.30. The van der Waals surface area contributed by atoms with Gasteiger partial charge in [-0.2, -0.15) is 4.98 Å². The maximum atomic E-state index is 13.2. The SMILES string of the molecule is COc1cc(S(C)(=O)=O)ccc1Nc1nc2ccc(-c3ccc(NC(=O)C(C)c4ccc(F)cc4)cc3)cn2n1. The Kier molecular flexibility index (Phi) is 7.22. The van der Waals surface area contributed by atoms with E-state index in [2.05, 4.69) is 20.7 Å². The van der Waals surface area contributed by atoms with Crippen LogP contribution in [0.25, 0.3) is 16.8 Å². The topological polar surface area (TPSA) is 115 Å². The largest absolute Gasteiger partial charge is 0.495 e. The molecular formula is C29H26FN5O4S. The number of carbonyl (C=O) groups is 1. The predicted octanol–water partition coefficient (Wildman–Crippen LogP) is 5.43.